The summed E-state index contributed by atoms with van der Waals surface area (Å²) in [5, 5.41) is 12.9. The maximum atomic E-state index is 11.7. The molecule has 0 aromatic heterocycles. The Morgan fingerprint density at radius 2 is 2.15 bits per heavy atom. The van der Waals surface area contributed by atoms with Gasteiger partial charge in [-0.2, -0.15) is 0 Å². The van der Waals surface area contributed by atoms with Crippen LogP contribution in [0.25, 0.3) is 0 Å². The maximum Gasteiger partial charge on any atom is 0.323 e. The third kappa shape index (κ3) is 3.93. The second-order valence-corrected chi connectivity index (χ2v) is 6.60. The van der Waals surface area contributed by atoms with Gasteiger partial charge in [-0.1, -0.05) is 13.8 Å². The predicted molar refractivity (Wildman–Crippen MR) is 77.9 cm³/mol. The number of piperidine rings is 1. The molecule has 2 saturated heterocycles. The number of carboxylic acids is 1. The van der Waals surface area contributed by atoms with E-state index in [1.807, 2.05) is 0 Å². The molecule has 0 aromatic carbocycles. The van der Waals surface area contributed by atoms with Gasteiger partial charge in [0.1, 0.15) is 5.54 Å². The largest absolute Gasteiger partial charge is 0.480 e. The minimum Gasteiger partial charge on any atom is -0.480 e. The van der Waals surface area contributed by atoms with Crippen molar-refractivity contribution in [2.75, 3.05) is 32.8 Å². The number of aliphatic carboxylic acids is 1. The van der Waals surface area contributed by atoms with Crippen molar-refractivity contribution >= 4 is 5.97 Å². The molecule has 0 saturated carbocycles. The van der Waals surface area contributed by atoms with Crippen molar-refractivity contribution in [2.45, 2.75) is 51.2 Å². The zero-order chi connectivity index (χ0) is 14.6. The Bertz CT molecular complexity index is 319. The highest BCUT2D eigenvalue weighted by Crippen LogP contribution is 2.24. The van der Waals surface area contributed by atoms with Crippen LogP contribution < -0.4 is 5.32 Å². The van der Waals surface area contributed by atoms with Crippen LogP contribution in [0.15, 0.2) is 0 Å². The topological polar surface area (TPSA) is 61.8 Å². The lowest BCUT2D eigenvalue weighted by molar-refractivity contribution is -0.147. The number of rotatable bonds is 6. The first-order valence-corrected chi connectivity index (χ1v) is 7.84. The first-order valence-electron chi connectivity index (χ1n) is 7.84. The summed E-state index contributed by atoms with van der Waals surface area (Å²) in [7, 11) is 0. The van der Waals surface area contributed by atoms with Crippen molar-refractivity contribution in [3.63, 3.8) is 0 Å². The van der Waals surface area contributed by atoms with Crippen LogP contribution in [0.2, 0.25) is 0 Å². The fraction of sp³-hybridized carbons (Fsp3) is 0.933. The first kappa shape index (κ1) is 15.7. The van der Waals surface area contributed by atoms with E-state index in [0.717, 1.165) is 39.1 Å². The molecular formula is C15H28N2O3. The summed E-state index contributed by atoms with van der Waals surface area (Å²) < 4.78 is 5.58. The minimum absolute atomic E-state index is 0.194. The molecule has 2 aliphatic heterocycles. The Morgan fingerprint density at radius 3 is 2.65 bits per heavy atom. The van der Waals surface area contributed by atoms with E-state index in [1.165, 1.54) is 0 Å². The van der Waals surface area contributed by atoms with Crippen LogP contribution in [-0.4, -0.2) is 60.4 Å². The summed E-state index contributed by atoms with van der Waals surface area (Å²) in [6.45, 7) is 8.67. The lowest BCUT2D eigenvalue weighted by atomic mass is 9.87. The molecule has 0 radical (unpaired) electrons. The Hall–Kier alpha value is -0.650. The van der Waals surface area contributed by atoms with Crippen LogP contribution in [0.3, 0.4) is 0 Å². The molecule has 0 bridgehead atoms. The highest BCUT2D eigenvalue weighted by atomic mass is 16.5. The third-order valence-corrected chi connectivity index (χ3v) is 4.43. The SMILES string of the molecule is CC(C)CN1CCC(NCC2CCCO2)(C(=O)O)CC1. The Labute approximate surface area is 121 Å². The zero-order valence-corrected chi connectivity index (χ0v) is 12.7. The number of ether oxygens (including phenoxy) is 1. The van der Waals surface area contributed by atoms with Crippen LogP contribution in [-0.2, 0) is 9.53 Å². The second kappa shape index (κ2) is 6.87. The van der Waals surface area contributed by atoms with Gasteiger partial charge in [-0.25, -0.2) is 0 Å². The molecule has 5 heteroatoms. The number of hydrogen-bond acceptors (Lipinski definition) is 4. The van der Waals surface area contributed by atoms with E-state index in [9.17, 15) is 9.90 Å². The van der Waals surface area contributed by atoms with E-state index < -0.39 is 11.5 Å². The number of likely N-dealkylation sites (tertiary alicyclic amines) is 1. The predicted octanol–water partition coefficient (Wildman–Crippen LogP) is 1.33. The molecule has 0 spiro atoms. The molecule has 2 fully saturated rings. The molecule has 0 aromatic rings. The van der Waals surface area contributed by atoms with Crippen molar-refractivity contribution in [1.82, 2.24) is 10.2 Å². The smallest absolute Gasteiger partial charge is 0.323 e. The van der Waals surface area contributed by atoms with Crippen LogP contribution >= 0.6 is 0 Å². The molecule has 2 heterocycles. The molecule has 2 N–H and O–H groups in total. The highest BCUT2D eigenvalue weighted by molar-refractivity contribution is 5.79. The van der Waals surface area contributed by atoms with Crippen LogP contribution in [0.5, 0.6) is 0 Å². The fourth-order valence-electron chi connectivity index (χ4n) is 3.21. The molecule has 1 unspecified atom stereocenters. The highest BCUT2D eigenvalue weighted by Gasteiger charge is 2.41. The molecule has 1 atom stereocenters. The number of nitrogens with zero attached hydrogens (tertiary/aromatic N) is 1. The minimum atomic E-state index is -0.751. The zero-order valence-electron chi connectivity index (χ0n) is 12.7. The van der Waals surface area contributed by atoms with Crippen LogP contribution in [0.1, 0.15) is 39.5 Å². The average Bonchev–Trinajstić information content (AvgIpc) is 2.90. The quantitative estimate of drug-likeness (QED) is 0.770. The number of carbonyl (C=O) groups is 1. The van der Waals surface area contributed by atoms with Gasteiger partial charge in [-0.05, 0) is 31.6 Å². The average molecular weight is 284 g/mol. The van der Waals surface area contributed by atoms with Gasteiger partial charge in [0.2, 0.25) is 0 Å². The second-order valence-electron chi connectivity index (χ2n) is 6.60. The van der Waals surface area contributed by atoms with Gasteiger partial charge < -0.3 is 14.7 Å². The normalized spacial score (nSPS) is 27.1. The molecule has 5 nitrogen and oxygen atoms in total. The van der Waals surface area contributed by atoms with Crippen molar-refractivity contribution in [3.8, 4) is 0 Å². The molecule has 0 amide bonds. The monoisotopic (exact) mass is 284 g/mol. The maximum absolute atomic E-state index is 11.7. The van der Waals surface area contributed by atoms with Gasteiger partial charge in [0.05, 0.1) is 6.10 Å². The van der Waals surface area contributed by atoms with Crippen molar-refractivity contribution in [3.05, 3.63) is 0 Å². The summed E-state index contributed by atoms with van der Waals surface area (Å²) in [5.74, 6) is -0.0770. The lowest BCUT2D eigenvalue weighted by Gasteiger charge is -2.40. The first-order chi connectivity index (χ1) is 9.52. The summed E-state index contributed by atoms with van der Waals surface area (Å²) in [6.07, 6.45) is 3.69. The van der Waals surface area contributed by atoms with E-state index in [-0.39, 0.29) is 6.10 Å². The van der Waals surface area contributed by atoms with Crippen LogP contribution in [0.4, 0.5) is 0 Å². The molecule has 0 aliphatic carbocycles. The van der Waals surface area contributed by atoms with E-state index in [0.29, 0.717) is 25.3 Å². The summed E-state index contributed by atoms with van der Waals surface area (Å²) >= 11 is 0. The molecule has 116 valence electrons. The van der Waals surface area contributed by atoms with Gasteiger partial charge in [0, 0.05) is 32.8 Å². The Kier molecular flexibility index (Phi) is 5.41. The Balaban J connectivity index is 1.85. The van der Waals surface area contributed by atoms with Gasteiger partial charge in [-0.3, -0.25) is 10.1 Å². The number of nitrogens with one attached hydrogen (secondary N) is 1. The summed E-state index contributed by atoms with van der Waals surface area (Å²) in [5.41, 5.74) is -0.751. The van der Waals surface area contributed by atoms with Crippen molar-refractivity contribution < 1.29 is 14.6 Å². The van der Waals surface area contributed by atoms with Crippen molar-refractivity contribution in [2.24, 2.45) is 5.92 Å². The third-order valence-electron chi connectivity index (χ3n) is 4.43. The fourth-order valence-corrected chi connectivity index (χ4v) is 3.21. The summed E-state index contributed by atoms with van der Waals surface area (Å²) in [6, 6.07) is 0. The molecule has 2 aliphatic rings. The van der Waals surface area contributed by atoms with Gasteiger partial charge in [0.15, 0.2) is 0 Å². The van der Waals surface area contributed by atoms with E-state index >= 15 is 0 Å². The van der Waals surface area contributed by atoms with E-state index in [2.05, 4.69) is 24.1 Å². The van der Waals surface area contributed by atoms with Gasteiger partial charge in [-0.15, -0.1) is 0 Å². The molecule has 20 heavy (non-hydrogen) atoms. The van der Waals surface area contributed by atoms with Crippen LogP contribution in [0, 0.1) is 5.92 Å². The molecular weight excluding hydrogens is 256 g/mol. The lowest BCUT2D eigenvalue weighted by Crippen LogP contribution is -2.59. The van der Waals surface area contributed by atoms with Crippen molar-refractivity contribution in [1.29, 1.82) is 0 Å². The van der Waals surface area contributed by atoms with Gasteiger partial charge >= 0.3 is 5.97 Å². The standard InChI is InChI=1S/C15H28N2O3/c1-12(2)11-17-7-5-15(6-8-17,14(18)19)16-10-13-4-3-9-20-13/h12-13,16H,3-11H2,1-2H3,(H,18,19). The Morgan fingerprint density at radius 1 is 1.45 bits per heavy atom. The van der Waals surface area contributed by atoms with E-state index in [1.54, 1.807) is 0 Å². The van der Waals surface area contributed by atoms with Gasteiger partial charge in [0.25, 0.3) is 0 Å². The number of carboxylic acid groups (broad SMARTS) is 1. The number of hydrogen-bond donors (Lipinski definition) is 2. The summed E-state index contributed by atoms with van der Waals surface area (Å²) in [4.78, 5) is 14.1. The van der Waals surface area contributed by atoms with E-state index in [4.69, 9.17) is 4.74 Å². The molecule has 2 rings (SSSR count).